The minimum absolute atomic E-state index is 0.0659. The number of morpholine rings is 1. The number of aliphatic carboxylic acids is 1. The summed E-state index contributed by atoms with van der Waals surface area (Å²) >= 11 is 0. The van der Waals surface area contributed by atoms with Crippen LogP contribution in [0.2, 0.25) is 0 Å². The maximum absolute atomic E-state index is 11.8. The van der Waals surface area contributed by atoms with E-state index in [1.165, 1.54) is 5.56 Å². The van der Waals surface area contributed by atoms with Crippen LogP contribution in [0.3, 0.4) is 0 Å². The Morgan fingerprint density at radius 1 is 1.38 bits per heavy atom. The number of amides is 1. The average molecular weight is 422 g/mol. The number of rotatable bonds is 3. The number of carbonyl (C=O) groups is 2. The lowest BCUT2D eigenvalue weighted by Gasteiger charge is -2.42. The zero-order valence-corrected chi connectivity index (χ0v) is 16.3. The van der Waals surface area contributed by atoms with Crippen molar-refractivity contribution >= 4 is 11.9 Å². The van der Waals surface area contributed by atoms with Gasteiger partial charge >= 0.3 is 12.1 Å². The third-order valence-corrected chi connectivity index (χ3v) is 4.55. The van der Waals surface area contributed by atoms with E-state index in [1.807, 2.05) is 35.9 Å². The lowest BCUT2D eigenvalue weighted by Crippen LogP contribution is -2.60. The maximum Gasteiger partial charge on any atom is 0.490 e. The van der Waals surface area contributed by atoms with Crippen molar-refractivity contribution in [2.75, 3.05) is 46.0 Å². The smallest absolute Gasteiger partial charge is 0.475 e. The Morgan fingerprint density at radius 3 is 2.62 bits per heavy atom. The van der Waals surface area contributed by atoms with Gasteiger partial charge < -0.3 is 19.5 Å². The molecule has 2 aliphatic rings. The number of ether oxygens (including phenoxy) is 2. The van der Waals surface area contributed by atoms with Gasteiger partial charge in [0.1, 0.15) is 12.2 Å². The molecule has 164 valence electrons. The molecule has 1 amide bonds. The van der Waals surface area contributed by atoms with E-state index in [0.717, 1.165) is 19.6 Å². The number of likely N-dealkylation sites (N-methyl/N-ethyl adjacent to an activating group) is 1. The van der Waals surface area contributed by atoms with Gasteiger partial charge in [-0.3, -0.25) is 14.4 Å². The topological polar surface area (TPSA) is 97.1 Å². The zero-order chi connectivity index (χ0) is 21.7. The molecule has 29 heavy (non-hydrogen) atoms. The molecule has 0 aromatic carbocycles. The van der Waals surface area contributed by atoms with Crippen molar-refractivity contribution in [2.45, 2.75) is 25.2 Å². The van der Waals surface area contributed by atoms with Crippen LogP contribution in [-0.4, -0.2) is 94.3 Å². The molecule has 0 saturated carbocycles. The summed E-state index contributed by atoms with van der Waals surface area (Å²) in [5.41, 5.74) is 0.765. The highest BCUT2D eigenvalue weighted by molar-refractivity contribution is 5.78. The van der Waals surface area contributed by atoms with Gasteiger partial charge in [0.05, 0.1) is 26.0 Å². The number of aryl methyl sites for hydroxylation is 1. The molecule has 2 aliphatic heterocycles. The van der Waals surface area contributed by atoms with E-state index < -0.39 is 17.7 Å². The molecule has 9 nitrogen and oxygen atoms in total. The molecule has 3 rings (SSSR count). The third-order valence-electron chi connectivity index (χ3n) is 4.55. The van der Waals surface area contributed by atoms with Crippen LogP contribution in [0.5, 0.6) is 0 Å². The van der Waals surface area contributed by atoms with E-state index in [2.05, 4.69) is 10.00 Å². The Hall–Kier alpha value is -2.18. The van der Waals surface area contributed by atoms with Gasteiger partial charge in [-0.25, -0.2) is 4.79 Å². The summed E-state index contributed by atoms with van der Waals surface area (Å²) in [6, 6.07) is 0. The van der Waals surface area contributed by atoms with Crippen LogP contribution >= 0.6 is 0 Å². The lowest BCUT2D eigenvalue weighted by atomic mass is 10.0. The molecule has 1 spiro atoms. The van der Waals surface area contributed by atoms with E-state index in [0.29, 0.717) is 26.3 Å². The van der Waals surface area contributed by atoms with Gasteiger partial charge in [0.15, 0.2) is 0 Å². The maximum atomic E-state index is 11.8. The molecule has 2 fully saturated rings. The van der Waals surface area contributed by atoms with Gasteiger partial charge in [-0.1, -0.05) is 0 Å². The number of alkyl halides is 3. The van der Waals surface area contributed by atoms with Crippen LogP contribution in [0.25, 0.3) is 0 Å². The summed E-state index contributed by atoms with van der Waals surface area (Å²) in [7, 11) is 1.92. The van der Waals surface area contributed by atoms with Crippen molar-refractivity contribution in [1.82, 2.24) is 19.6 Å². The first-order valence-electron chi connectivity index (χ1n) is 9.04. The lowest BCUT2D eigenvalue weighted by molar-refractivity contribution is -0.192. The predicted octanol–water partition coefficient (Wildman–Crippen LogP) is 0.503. The van der Waals surface area contributed by atoms with Crippen LogP contribution in [0, 0.1) is 0 Å². The Balaban J connectivity index is 0.000000370. The Kier molecular flexibility index (Phi) is 7.60. The highest BCUT2D eigenvalue weighted by Gasteiger charge is 2.42. The molecule has 2 saturated heterocycles. The average Bonchev–Trinajstić information content (AvgIpc) is 2.94. The normalized spacial score (nSPS) is 23.5. The first-order chi connectivity index (χ1) is 13.5. The van der Waals surface area contributed by atoms with Crippen molar-refractivity contribution in [3.05, 3.63) is 18.0 Å². The summed E-state index contributed by atoms with van der Waals surface area (Å²) < 4.78 is 45.2. The fourth-order valence-corrected chi connectivity index (χ4v) is 3.19. The molecular weight excluding hydrogens is 397 g/mol. The highest BCUT2D eigenvalue weighted by Crippen LogP contribution is 2.24. The minimum Gasteiger partial charge on any atom is -0.475 e. The molecule has 0 bridgehead atoms. The molecule has 0 aliphatic carbocycles. The number of nitrogens with zero attached hydrogens (tertiary/aromatic N) is 4. The van der Waals surface area contributed by atoms with Crippen molar-refractivity contribution < 1.29 is 37.3 Å². The van der Waals surface area contributed by atoms with E-state index in [9.17, 15) is 18.0 Å². The molecule has 1 aromatic rings. The summed E-state index contributed by atoms with van der Waals surface area (Å²) in [5.74, 6) is -2.69. The SMILES string of the molecule is CCN1CC2(COCCN(Cc3cnn(C)c3)C2)OCC1=O.O=C(O)C(F)(F)F. The fraction of sp³-hybridized carbons (Fsp3) is 0.706. The number of halogens is 3. The second-order valence-electron chi connectivity index (χ2n) is 6.97. The van der Waals surface area contributed by atoms with Crippen molar-refractivity contribution in [1.29, 1.82) is 0 Å². The molecular formula is C17H25F3N4O5. The Labute approximate surface area is 166 Å². The highest BCUT2D eigenvalue weighted by atomic mass is 19.4. The van der Waals surface area contributed by atoms with Gasteiger partial charge in [0.25, 0.3) is 0 Å². The second-order valence-corrected chi connectivity index (χ2v) is 6.97. The van der Waals surface area contributed by atoms with Gasteiger partial charge in [-0.2, -0.15) is 18.3 Å². The van der Waals surface area contributed by atoms with Gasteiger partial charge in [-0.05, 0) is 6.92 Å². The van der Waals surface area contributed by atoms with Crippen LogP contribution in [0.4, 0.5) is 13.2 Å². The fourth-order valence-electron chi connectivity index (χ4n) is 3.19. The molecule has 12 heteroatoms. The quantitative estimate of drug-likeness (QED) is 0.758. The number of hydrogen-bond donors (Lipinski definition) is 1. The molecule has 0 radical (unpaired) electrons. The zero-order valence-electron chi connectivity index (χ0n) is 16.3. The third kappa shape index (κ3) is 6.68. The van der Waals surface area contributed by atoms with Crippen molar-refractivity contribution in [2.24, 2.45) is 7.05 Å². The summed E-state index contributed by atoms with van der Waals surface area (Å²) in [6.07, 6.45) is -1.16. The van der Waals surface area contributed by atoms with Crippen molar-refractivity contribution in [3.63, 3.8) is 0 Å². The standard InChI is InChI=1S/C15H24N4O3.C2HF3O2/c1-3-19-11-15(22-9-14(19)20)10-18(4-5-21-12-15)8-13-6-16-17(2)7-13;3-2(4,5)1(6)7/h6-7H,3-5,8-12H2,1-2H3;(H,6,7). The molecule has 1 unspecified atom stereocenters. The number of hydrogen-bond acceptors (Lipinski definition) is 6. The Bertz CT molecular complexity index is 711. The first-order valence-corrected chi connectivity index (χ1v) is 9.04. The second kappa shape index (κ2) is 9.55. The van der Waals surface area contributed by atoms with Crippen LogP contribution in [0.15, 0.2) is 12.4 Å². The van der Waals surface area contributed by atoms with Crippen molar-refractivity contribution in [3.8, 4) is 0 Å². The summed E-state index contributed by atoms with van der Waals surface area (Å²) in [4.78, 5) is 24.9. The van der Waals surface area contributed by atoms with E-state index in [4.69, 9.17) is 19.4 Å². The van der Waals surface area contributed by atoms with Crippen LogP contribution in [-0.2, 0) is 32.7 Å². The van der Waals surface area contributed by atoms with Gasteiger partial charge in [0.2, 0.25) is 5.91 Å². The first kappa shape index (κ1) is 23.1. The van der Waals surface area contributed by atoms with Gasteiger partial charge in [0, 0.05) is 45.0 Å². The number of aromatic nitrogens is 2. The van der Waals surface area contributed by atoms with E-state index >= 15 is 0 Å². The number of carboxylic acid groups (broad SMARTS) is 1. The monoisotopic (exact) mass is 422 g/mol. The van der Waals surface area contributed by atoms with Crippen LogP contribution in [0.1, 0.15) is 12.5 Å². The van der Waals surface area contributed by atoms with Crippen LogP contribution < -0.4 is 0 Å². The molecule has 3 heterocycles. The van der Waals surface area contributed by atoms with E-state index in [-0.39, 0.29) is 12.5 Å². The Morgan fingerprint density at radius 2 is 2.07 bits per heavy atom. The van der Waals surface area contributed by atoms with Gasteiger partial charge in [-0.15, -0.1) is 0 Å². The molecule has 1 atom stereocenters. The summed E-state index contributed by atoms with van der Waals surface area (Å²) in [5, 5.41) is 11.3. The van der Waals surface area contributed by atoms with E-state index in [1.54, 1.807) is 0 Å². The number of carboxylic acids is 1. The number of carbonyl (C=O) groups excluding carboxylic acids is 1. The predicted molar refractivity (Wildman–Crippen MR) is 93.9 cm³/mol. The summed E-state index contributed by atoms with van der Waals surface area (Å²) in [6.45, 7) is 7.15. The molecule has 1 N–H and O–H groups in total. The largest absolute Gasteiger partial charge is 0.490 e. The molecule has 1 aromatic heterocycles. The minimum atomic E-state index is -5.08.